The second kappa shape index (κ2) is 6.73. The fourth-order valence-corrected chi connectivity index (χ4v) is 1.93. The van der Waals surface area contributed by atoms with Crippen molar-refractivity contribution in [2.45, 2.75) is 38.8 Å². The Labute approximate surface area is 107 Å². The Kier molecular flexibility index (Phi) is 5.59. The summed E-state index contributed by atoms with van der Waals surface area (Å²) in [6.07, 6.45) is 7.19. The minimum absolute atomic E-state index is 0.339. The van der Waals surface area contributed by atoms with Crippen molar-refractivity contribution in [3.8, 4) is 12.3 Å². The summed E-state index contributed by atoms with van der Waals surface area (Å²) in [5.41, 5.74) is 1.29. The van der Waals surface area contributed by atoms with E-state index in [1.54, 1.807) is 0 Å². The van der Waals surface area contributed by atoms with Crippen molar-refractivity contribution < 1.29 is 0 Å². The van der Waals surface area contributed by atoms with E-state index in [0.717, 1.165) is 17.3 Å². The number of hydrogen-bond donors (Lipinski definition) is 1. The van der Waals surface area contributed by atoms with Crippen LogP contribution in [0.25, 0.3) is 0 Å². The van der Waals surface area contributed by atoms with Gasteiger partial charge in [0, 0.05) is 23.0 Å². The first-order valence-electron chi connectivity index (χ1n) is 5.62. The average Bonchev–Trinajstić information content (AvgIpc) is 2.29. The summed E-state index contributed by atoms with van der Waals surface area (Å²) in [5.74, 6) is 2.71. The fraction of sp³-hybridized carbons (Fsp3) is 0.429. The lowest BCUT2D eigenvalue weighted by molar-refractivity contribution is 0.449. The van der Waals surface area contributed by atoms with E-state index in [1.807, 2.05) is 0 Å². The number of terminal acetylenes is 1. The van der Waals surface area contributed by atoms with Gasteiger partial charge in [0.25, 0.3) is 0 Å². The molecule has 0 spiro atoms. The van der Waals surface area contributed by atoms with Gasteiger partial charge < -0.3 is 5.32 Å². The number of hydrogen-bond acceptors (Lipinski definition) is 1. The highest BCUT2D eigenvalue weighted by Crippen LogP contribution is 2.17. The summed E-state index contributed by atoms with van der Waals surface area (Å²) in [7, 11) is 0. The molecule has 2 unspecified atom stereocenters. The quantitative estimate of drug-likeness (QED) is 0.806. The van der Waals surface area contributed by atoms with Gasteiger partial charge in [-0.25, -0.2) is 0 Å². The molecule has 0 amide bonds. The zero-order chi connectivity index (χ0) is 12.0. The van der Waals surface area contributed by atoms with Gasteiger partial charge in [0.2, 0.25) is 0 Å². The fourth-order valence-electron chi connectivity index (χ4n) is 1.66. The van der Waals surface area contributed by atoms with Crippen LogP contribution in [0.15, 0.2) is 28.7 Å². The van der Waals surface area contributed by atoms with E-state index in [4.69, 9.17) is 6.42 Å². The number of benzene rings is 1. The topological polar surface area (TPSA) is 12.0 Å². The van der Waals surface area contributed by atoms with Crippen molar-refractivity contribution in [2.75, 3.05) is 0 Å². The predicted molar refractivity (Wildman–Crippen MR) is 73.2 cm³/mol. The molecule has 1 rings (SSSR count). The van der Waals surface area contributed by atoms with Gasteiger partial charge in [-0.05, 0) is 31.0 Å². The monoisotopic (exact) mass is 279 g/mol. The van der Waals surface area contributed by atoms with Crippen molar-refractivity contribution in [3.63, 3.8) is 0 Å². The normalized spacial score (nSPS) is 14.1. The predicted octanol–water partition coefficient (Wildman–Crippen LogP) is 3.90. The lowest BCUT2D eigenvalue weighted by atomic mass is 10.1. The minimum atomic E-state index is 0.339. The number of rotatable bonds is 5. The summed E-state index contributed by atoms with van der Waals surface area (Å²) >= 11 is 3.44. The average molecular weight is 280 g/mol. The first kappa shape index (κ1) is 13.3. The molecule has 0 saturated carbocycles. The SMILES string of the molecule is C#CCC(CC)NC(C)c1ccc(Br)cc1. The van der Waals surface area contributed by atoms with E-state index in [1.165, 1.54) is 5.56 Å². The van der Waals surface area contributed by atoms with Crippen molar-refractivity contribution in [1.29, 1.82) is 0 Å². The molecule has 0 aliphatic rings. The largest absolute Gasteiger partial charge is 0.307 e. The first-order chi connectivity index (χ1) is 7.67. The van der Waals surface area contributed by atoms with Gasteiger partial charge >= 0.3 is 0 Å². The van der Waals surface area contributed by atoms with Crippen LogP contribution in [0.3, 0.4) is 0 Å². The Balaban J connectivity index is 2.60. The van der Waals surface area contributed by atoms with Crippen molar-refractivity contribution >= 4 is 15.9 Å². The molecule has 0 heterocycles. The molecule has 0 aromatic heterocycles. The zero-order valence-electron chi connectivity index (χ0n) is 9.83. The Hall–Kier alpha value is -0.780. The molecule has 1 N–H and O–H groups in total. The highest BCUT2D eigenvalue weighted by atomic mass is 79.9. The summed E-state index contributed by atoms with van der Waals surface area (Å²) in [6.45, 7) is 4.33. The Morgan fingerprint density at radius 3 is 2.50 bits per heavy atom. The van der Waals surface area contributed by atoms with E-state index in [9.17, 15) is 0 Å². The van der Waals surface area contributed by atoms with Crippen LogP contribution in [0.1, 0.15) is 38.3 Å². The Morgan fingerprint density at radius 1 is 1.38 bits per heavy atom. The second-order valence-electron chi connectivity index (χ2n) is 3.95. The van der Waals surface area contributed by atoms with Crippen molar-refractivity contribution in [3.05, 3.63) is 34.3 Å². The van der Waals surface area contributed by atoms with Crippen LogP contribution in [-0.4, -0.2) is 6.04 Å². The molecule has 1 nitrogen and oxygen atoms in total. The lowest BCUT2D eigenvalue weighted by Crippen LogP contribution is -2.30. The van der Waals surface area contributed by atoms with Gasteiger partial charge in [-0.2, -0.15) is 0 Å². The molecule has 0 fully saturated rings. The van der Waals surface area contributed by atoms with Gasteiger partial charge in [0.05, 0.1) is 0 Å². The van der Waals surface area contributed by atoms with E-state index < -0.39 is 0 Å². The Morgan fingerprint density at radius 2 is 2.00 bits per heavy atom. The number of nitrogens with one attached hydrogen (secondary N) is 1. The van der Waals surface area contributed by atoms with Crippen LogP contribution in [0, 0.1) is 12.3 Å². The van der Waals surface area contributed by atoms with Crippen molar-refractivity contribution in [1.82, 2.24) is 5.32 Å². The van der Waals surface area contributed by atoms with Crippen LogP contribution in [0.2, 0.25) is 0 Å². The van der Waals surface area contributed by atoms with Crippen LogP contribution in [0.4, 0.5) is 0 Å². The molecule has 0 aliphatic heterocycles. The third kappa shape index (κ3) is 4.00. The van der Waals surface area contributed by atoms with Crippen LogP contribution >= 0.6 is 15.9 Å². The highest BCUT2D eigenvalue weighted by molar-refractivity contribution is 9.10. The molecule has 0 saturated heterocycles. The molecule has 86 valence electrons. The molecular weight excluding hydrogens is 262 g/mol. The summed E-state index contributed by atoms with van der Waals surface area (Å²) in [4.78, 5) is 0. The molecule has 0 bridgehead atoms. The van der Waals surface area contributed by atoms with E-state index >= 15 is 0 Å². The minimum Gasteiger partial charge on any atom is -0.307 e. The van der Waals surface area contributed by atoms with E-state index in [2.05, 4.69) is 65.3 Å². The smallest absolute Gasteiger partial charge is 0.0294 e. The summed E-state index contributed by atoms with van der Waals surface area (Å²) in [6, 6.07) is 9.13. The van der Waals surface area contributed by atoms with Crippen LogP contribution in [-0.2, 0) is 0 Å². The maximum Gasteiger partial charge on any atom is 0.0294 e. The van der Waals surface area contributed by atoms with Gasteiger partial charge in [0.15, 0.2) is 0 Å². The molecule has 1 aromatic carbocycles. The summed E-state index contributed by atoms with van der Waals surface area (Å²) < 4.78 is 1.11. The van der Waals surface area contributed by atoms with Gasteiger partial charge in [0.1, 0.15) is 0 Å². The van der Waals surface area contributed by atoms with Crippen molar-refractivity contribution in [2.24, 2.45) is 0 Å². The van der Waals surface area contributed by atoms with Crippen LogP contribution in [0.5, 0.6) is 0 Å². The van der Waals surface area contributed by atoms with Gasteiger partial charge in [-0.15, -0.1) is 12.3 Å². The van der Waals surface area contributed by atoms with Gasteiger partial charge in [-0.3, -0.25) is 0 Å². The molecule has 1 aromatic rings. The molecular formula is C14H18BrN. The molecule has 0 radical (unpaired) electrons. The van der Waals surface area contributed by atoms with Gasteiger partial charge in [-0.1, -0.05) is 35.0 Å². The molecule has 0 aliphatic carbocycles. The zero-order valence-corrected chi connectivity index (χ0v) is 11.4. The van der Waals surface area contributed by atoms with E-state index in [-0.39, 0.29) is 0 Å². The van der Waals surface area contributed by atoms with E-state index in [0.29, 0.717) is 12.1 Å². The first-order valence-corrected chi connectivity index (χ1v) is 6.41. The molecule has 16 heavy (non-hydrogen) atoms. The lowest BCUT2D eigenvalue weighted by Gasteiger charge is -2.21. The maximum absolute atomic E-state index is 5.34. The number of halogens is 1. The standard InChI is InChI=1S/C14H18BrN/c1-4-6-14(5-2)16-11(3)12-7-9-13(15)10-8-12/h1,7-11,14,16H,5-6H2,2-3H3. The molecule has 2 atom stereocenters. The summed E-state index contributed by atoms with van der Waals surface area (Å²) in [5, 5.41) is 3.55. The highest BCUT2D eigenvalue weighted by Gasteiger charge is 2.10. The van der Waals surface area contributed by atoms with Crippen LogP contribution < -0.4 is 5.32 Å². The second-order valence-corrected chi connectivity index (χ2v) is 4.87. The Bertz CT molecular complexity index is 350. The molecule has 2 heteroatoms. The third-order valence-corrected chi connectivity index (χ3v) is 3.24. The third-order valence-electron chi connectivity index (χ3n) is 2.71. The maximum atomic E-state index is 5.34.